The summed E-state index contributed by atoms with van der Waals surface area (Å²) < 4.78 is 33.9. The number of nitrogens with one attached hydrogen (secondary N) is 4. The monoisotopic (exact) mass is 645 g/mol. The van der Waals surface area contributed by atoms with Crippen LogP contribution in [0.3, 0.4) is 0 Å². The number of rotatable bonds is 9. The van der Waals surface area contributed by atoms with E-state index in [9.17, 15) is 23.2 Å². The maximum absolute atomic E-state index is 14.7. The Bertz CT molecular complexity index is 1600. The molecule has 11 nitrogen and oxygen atoms in total. The first-order valence-corrected chi connectivity index (χ1v) is 15.0. The average Bonchev–Trinajstić information content (AvgIpc) is 3.02. The fraction of sp³-hybridized carbons (Fsp3) is 0.452. The zero-order chi connectivity index (χ0) is 33.1. The van der Waals surface area contributed by atoms with E-state index in [1.165, 1.54) is 24.4 Å². The lowest BCUT2D eigenvalue weighted by Gasteiger charge is -2.40. The van der Waals surface area contributed by atoms with Gasteiger partial charge in [0, 0.05) is 18.0 Å². The summed E-state index contributed by atoms with van der Waals surface area (Å²) in [6.45, 7) is 7.63. The molecule has 4 rings (SSSR count). The quantitative estimate of drug-likeness (QED) is 0.244. The van der Waals surface area contributed by atoms with E-state index in [1.54, 1.807) is 26.1 Å². The average molecular weight is 646 g/mol. The van der Waals surface area contributed by atoms with Crippen LogP contribution in [0.4, 0.5) is 26.0 Å². The fourth-order valence-electron chi connectivity index (χ4n) is 5.10. The van der Waals surface area contributed by atoms with Crippen molar-refractivity contribution in [2.75, 3.05) is 31.3 Å². The molecular weight excluding hydrogens is 608 g/mol. The molecule has 1 aliphatic rings. The number of carbonyl (C=O) groups excluding carboxylic acids is 3. The predicted octanol–water partition coefficient (Wildman–Crippen LogP) is 4.77. The first-order chi connectivity index (χ1) is 21.3. The van der Waals surface area contributed by atoms with Crippen LogP contribution in [0.15, 0.2) is 30.6 Å². The number of halogens is 3. The van der Waals surface area contributed by atoms with E-state index in [2.05, 4.69) is 31.2 Å². The van der Waals surface area contributed by atoms with Gasteiger partial charge in [-0.15, -0.1) is 0 Å². The number of likely N-dealkylation sites (tertiary alicyclic amines) is 1. The van der Waals surface area contributed by atoms with Crippen molar-refractivity contribution in [3.8, 4) is 5.75 Å². The molecule has 45 heavy (non-hydrogen) atoms. The first kappa shape index (κ1) is 33.8. The number of anilines is 3. The van der Waals surface area contributed by atoms with Crippen LogP contribution in [0.5, 0.6) is 5.75 Å². The van der Waals surface area contributed by atoms with Gasteiger partial charge in [-0.05, 0) is 56.8 Å². The van der Waals surface area contributed by atoms with Gasteiger partial charge in [0.05, 0.1) is 30.0 Å². The van der Waals surface area contributed by atoms with Crippen LogP contribution in [0, 0.1) is 17.0 Å². The fourth-order valence-corrected chi connectivity index (χ4v) is 5.26. The molecule has 3 aromatic rings. The summed E-state index contributed by atoms with van der Waals surface area (Å²) in [7, 11) is 3.10. The minimum Gasteiger partial charge on any atom is -0.494 e. The van der Waals surface area contributed by atoms with E-state index >= 15 is 0 Å². The molecule has 1 aliphatic heterocycles. The Balaban J connectivity index is 1.64. The molecule has 0 spiro atoms. The molecule has 1 fully saturated rings. The highest BCUT2D eigenvalue weighted by atomic mass is 35.5. The molecule has 2 heterocycles. The molecule has 242 valence electrons. The molecule has 0 bridgehead atoms. The highest BCUT2D eigenvalue weighted by molar-refractivity contribution is 6.31. The van der Waals surface area contributed by atoms with Gasteiger partial charge in [-0.2, -0.15) is 0 Å². The van der Waals surface area contributed by atoms with Gasteiger partial charge < -0.3 is 30.9 Å². The zero-order valence-electron chi connectivity index (χ0n) is 26.1. The second-order valence-corrected chi connectivity index (χ2v) is 12.4. The van der Waals surface area contributed by atoms with Crippen molar-refractivity contribution in [3.05, 3.63) is 47.2 Å². The SMILES string of the molecule is CN[C@@H](C)C(=O)N[C@H](C(=O)N1CCCCC1C(=O)Nc1cc2c(Nc3ccc(F)c(Cl)c3F)ncnc2cc1OC)C(C)(C)C. The summed E-state index contributed by atoms with van der Waals surface area (Å²) in [6, 6.07) is 3.19. The van der Waals surface area contributed by atoms with Crippen molar-refractivity contribution < 1.29 is 27.9 Å². The van der Waals surface area contributed by atoms with Crippen molar-refractivity contribution in [1.29, 1.82) is 0 Å². The lowest BCUT2D eigenvalue weighted by atomic mass is 9.84. The number of likely N-dealkylation sites (N-methyl/N-ethyl adjacent to an activating group) is 1. The van der Waals surface area contributed by atoms with Crippen molar-refractivity contribution in [3.63, 3.8) is 0 Å². The molecule has 4 N–H and O–H groups in total. The number of ether oxygens (including phenoxy) is 1. The normalized spacial score (nSPS) is 16.6. The number of hydrogen-bond acceptors (Lipinski definition) is 8. The largest absolute Gasteiger partial charge is 0.494 e. The van der Waals surface area contributed by atoms with Crippen molar-refractivity contribution in [2.24, 2.45) is 5.41 Å². The Kier molecular flexibility index (Phi) is 10.4. The van der Waals surface area contributed by atoms with E-state index in [0.717, 1.165) is 12.5 Å². The van der Waals surface area contributed by atoms with Gasteiger partial charge >= 0.3 is 0 Å². The van der Waals surface area contributed by atoms with Gasteiger partial charge in [0.25, 0.3) is 0 Å². The summed E-state index contributed by atoms with van der Waals surface area (Å²) >= 11 is 5.75. The molecule has 1 unspecified atom stereocenters. The molecule has 0 saturated carbocycles. The predicted molar refractivity (Wildman–Crippen MR) is 169 cm³/mol. The van der Waals surface area contributed by atoms with Gasteiger partial charge in [-0.3, -0.25) is 14.4 Å². The summed E-state index contributed by atoms with van der Waals surface area (Å²) in [5, 5.41) is 11.2. The minimum atomic E-state index is -0.988. The van der Waals surface area contributed by atoms with Crippen molar-refractivity contribution >= 4 is 57.4 Å². The summed E-state index contributed by atoms with van der Waals surface area (Å²) in [5.74, 6) is -2.52. The number of benzene rings is 2. The summed E-state index contributed by atoms with van der Waals surface area (Å²) in [4.78, 5) is 50.5. The minimum absolute atomic E-state index is 0.108. The lowest BCUT2D eigenvalue weighted by molar-refractivity contribution is -0.146. The Morgan fingerprint density at radius 1 is 1.11 bits per heavy atom. The standard InChI is InChI=1S/C31H38ClF2N7O4/c1-16(35-5)28(42)40-26(31(2,3)4)30(44)41-12-8-7-9-22(41)29(43)39-21-13-17-20(14-23(21)45-6)36-15-37-27(17)38-19-11-10-18(33)24(32)25(19)34/h10-11,13-16,22,26,35H,7-9,12H2,1-6H3,(H,39,43)(H,40,42)(H,36,37,38)/t16-,22?,26+/m0/s1. The highest BCUT2D eigenvalue weighted by Gasteiger charge is 2.41. The second-order valence-electron chi connectivity index (χ2n) is 12.0. The van der Waals surface area contributed by atoms with Crippen LogP contribution in [-0.4, -0.2) is 71.4 Å². The maximum atomic E-state index is 14.7. The number of fused-ring (bicyclic) bond motifs is 1. The molecule has 1 aromatic heterocycles. The van der Waals surface area contributed by atoms with Crippen LogP contribution in [0.1, 0.15) is 47.0 Å². The third-order valence-electron chi connectivity index (χ3n) is 7.82. The first-order valence-electron chi connectivity index (χ1n) is 14.6. The number of carbonyl (C=O) groups is 3. The number of methoxy groups -OCH3 is 1. The molecule has 0 radical (unpaired) electrons. The lowest BCUT2D eigenvalue weighted by Crippen LogP contribution is -2.61. The zero-order valence-corrected chi connectivity index (χ0v) is 26.8. The topological polar surface area (TPSA) is 138 Å². The van der Waals surface area contributed by atoms with E-state index in [4.69, 9.17) is 16.3 Å². The smallest absolute Gasteiger partial charge is 0.247 e. The molecule has 14 heteroatoms. The molecule has 1 saturated heterocycles. The molecule has 2 aromatic carbocycles. The molecule has 3 amide bonds. The van der Waals surface area contributed by atoms with Crippen molar-refractivity contribution in [1.82, 2.24) is 25.5 Å². The van der Waals surface area contributed by atoms with Gasteiger partial charge in [0.15, 0.2) is 5.82 Å². The maximum Gasteiger partial charge on any atom is 0.247 e. The number of hydrogen-bond donors (Lipinski definition) is 4. The number of aromatic nitrogens is 2. The van der Waals surface area contributed by atoms with E-state index in [1.807, 2.05) is 20.8 Å². The second kappa shape index (κ2) is 13.9. The van der Waals surface area contributed by atoms with Crippen LogP contribution >= 0.6 is 11.6 Å². The van der Waals surface area contributed by atoms with E-state index in [0.29, 0.717) is 36.0 Å². The van der Waals surface area contributed by atoms with Gasteiger partial charge in [-0.1, -0.05) is 32.4 Å². The van der Waals surface area contributed by atoms with Crippen LogP contribution < -0.4 is 26.0 Å². The molecule has 0 aliphatic carbocycles. The Morgan fingerprint density at radius 2 is 1.84 bits per heavy atom. The Morgan fingerprint density at radius 3 is 2.51 bits per heavy atom. The van der Waals surface area contributed by atoms with Gasteiger partial charge in [0.2, 0.25) is 17.7 Å². The van der Waals surface area contributed by atoms with Crippen LogP contribution in [0.25, 0.3) is 10.9 Å². The van der Waals surface area contributed by atoms with Crippen LogP contribution in [-0.2, 0) is 14.4 Å². The number of amides is 3. The van der Waals surface area contributed by atoms with Crippen molar-refractivity contribution in [2.45, 2.75) is 65.1 Å². The Hall–Kier alpha value is -4.10. The highest BCUT2D eigenvalue weighted by Crippen LogP contribution is 2.35. The number of piperidine rings is 1. The van der Waals surface area contributed by atoms with Crippen LogP contribution in [0.2, 0.25) is 5.02 Å². The third-order valence-corrected chi connectivity index (χ3v) is 8.16. The Labute approximate surface area is 265 Å². The number of nitrogens with zero attached hydrogens (tertiary/aromatic N) is 3. The summed E-state index contributed by atoms with van der Waals surface area (Å²) in [6.07, 6.45) is 3.13. The van der Waals surface area contributed by atoms with Gasteiger partial charge in [-0.25, -0.2) is 18.7 Å². The molecular formula is C31H38ClF2N7O4. The third kappa shape index (κ3) is 7.42. The van der Waals surface area contributed by atoms with Gasteiger partial charge in [0.1, 0.15) is 40.8 Å². The summed E-state index contributed by atoms with van der Waals surface area (Å²) in [5.41, 5.74) is -0.0431. The molecule has 3 atom stereocenters. The van der Waals surface area contributed by atoms with E-state index in [-0.39, 0.29) is 29.0 Å². The van der Waals surface area contributed by atoms with E-state index < -0.39 is 46.1 Å².